The summed E-state index contributed by atoms with van der Waals surface area (Å²) in [6.45, 7) is 3.48. The number of hydrogen-bond acceptors (Lipinski definition) is 4. The molecule has 2 rings (SSSR count). The van der Waals surface area contributed by atoms with Crippen LogP contribution >= 0.6 is 11.3 Å². The summed E-state index contributed by atoms with van der Waals surface area (Å²) in [6.07, 6.45) is 0. The van der Waals surface area contributed by atoms with Crippen LogP contribution in [-0.2, 0) is 9.59 Å². The van der Waals surface area contributed by atoms with Crippen LogP contribution in [0.1, 0.15) is 35.1 Å². The summed E-state index contributed by atoms with van der Waals surface area (Å²) in [7, 11) is 1.36. The second kappa shape index (κ2) is 9.41. The maximum atomic E-state index is 13.6. The maximum absolute atomic E-state index is 13.6. The average molecular weight is 409 g/mol. The molecule has 0 aliphatic heterocycles. The van der Waals surface area contributed by atoms with E-state index in [0.717, 1.165) is 12.1 Å². The van der Waals surface area contributed by atoms with Crippen molar-refractivity contribution in [1.29, 1.82) is 0 Å². The molecule has 1 aromatic carbocycles. The summed E-state index contributed by atoms with van der Waals surface area (Å²) in [6, 6.07) is 4.13. The number of carbonyl (C=O) groups is 3. The van der Waals surface area contributed by atoms with Gasteiger partial charge < -0.3 is 16.0 Å². The third-order valence-electron chi connectivity index (χ3n) is 4.05. The van der Waals surface area contributed by atoms with E-state index >= 15 is 0 Å². The Balaban J connectivity index is 2.22. The second-order valence-electron chi connectivity index (χ2n) is 6.40. The molecule has 0 saturated heterocycles. The summed E-state index contributed by atoms with van der Waals surface area (Å²) < 4.78 is 26.8. The number of carbonyl (C=O) groups excluding carboxylic acids is 3. The van der Waals surface area contributed by atoms with E-state index in [9.17, 15) is 23.2 Å². The Hall–Kier alpha value is -2.81. The van der Waals surface area contributed by atoms with Gasteiger partial charge in [-0.3, -0.25) is 14.4 Å². The van der Waals surface area contributed by atoms with Crippen molar-refractivity contribution in [3.05, 3.63) is 57.8 Å². The fourth-order valence-corrected chi connectivity index (χ4v) is 3.15. The Morgan fingerprint density at radius 2 is 1.71 bits per heavy atom. The molecule has 0 aliphatic carbocycles. The highest BCUT2D eigenvalue weighted by Gasteiger charge is 2.30. The summed E-state index contributed by atoms with van der Waals surface area (Å²) in [4.78, 5) is 37.7. The zero-order valence-corrected chi connectivity index (χ0v) is 16.4. The lowest BCUT2D eigenvalue weighted by Crippen LogP contribution is -2.52. The number of nitrogens with one attached hydrogen (secondary N) is 3. The molecule has 6 nitrogen and oxygen atoms in total. The van der Waals surface area contributed by atoms with Crippen LogP contribution in [0.15, 0.2) is 35.7 Å². The number of likely N-dealkylation sites (N-methyl/N-ethyl adjacent to an activating group) is 1. The van der Waals surface area contributed by atoms with Crippen LogP contribution in [0.25, 0.3) is 0 Å². The minimum atomic E-state index is -1.24. The van der Waals surface area contributed by atoms with Crippen molar-refractivity contribution in [2.24, 2.45) is 5.92 Å². The summed E-state index contributed by atoms with van der Waals surface area (Å²) in [5, 5.41) is 9.28. The van der Waals surface area contributed by atoms with Gasteiger partial charge >= 0.3 is 0 Å². The van der Waals surface area contributed by atoms with Gasteiger partial charge in [-0.25, -0.2) is 8.78 Å². The van der Waals surface area contributed by atoms with Crippen LogP contribution in [0.5, 0.6) is 0 Å². The number of amides is 3. The molecule has 0 spiro atoms. The van der Waals surface area contributed by atoms with Crippen LogP contribution in [0, 0.1) is 17.6 Å². The largest absolute Gasteiger partial charge is 0.357 e. The van der Waals surface area contributed by atoms with E-state index in [-0.39, 0.29) is 11.5 Å². The van der Waals surface area contributed by atoms with Gasteiger partial charge in [-0.05, 0) is 35.1 Å². The Bertz CT molecular complexity index is 856. The van der Waals surface area contributed by atoms with Crippen molar-refractivity contribution in [3.8, 4) is 0 Å². The third kappa shape index (κ3) is 5.13. The Morgan fingerprint density at radius 3 is 2.25 bits per heavy atom. The molecular formula is C19H21F2N3O3S. The zero-order valence-electron chi connectivity index (χ0n) is 15.6. The predicted octanol–water partition coefficient (Wildman–Crippen LogP) is 2.38. The first-order valence-corrected chi connectivity index (χ1v) is 9.43. The van der Waals surface area contributed by atoms with Crippen LogP contribution in [0.2, 0.25) is 0 Å². The van der Waals surface area contributed by atoms with E-state index < -0.39 is 41.4 Å². The maximum Gasteiger partial charge on any atom is 0.262 e. The number of rotatable bonds is 7. The van der Waals surface area contributed by atoms with Gasteiger partial charge in [0.2, 0.25) is 11.8 Å². The first-order valence-electron chi connectivity index (χ1n) is 8.55. The molecule has 2 aromatic rings. The highest BCUT2D eigenvalue weighted by molar-refractivity contribution is 7.12. The molecule has 2 atom stereocenters. The van der Waals surface area contributed by atoms with Crippen molar-refractivity contribution >= 4 is 29.1 Å². The summed E-state index contributed by atoms with van der Waals surface area (Å²) in [5.41, 5.74) is 0.0821. The Labute approximate surface area is 165 Å². The highest BCUT2D eigenvalue weighted by Crippen LogP contribution is 2.18. The predicted molar refractivity (Wildman–Crippen MR) is 102 cm³/mol. The molecule has 0 fully saturated rings. The molecule has 0 aliphatic rings. The van der Waals surface area contributed by atoms with Crippen LogP contribution in [-0.4, -0.2) is 30.8 Å². The van der Waals surface area contributed by atoms with Crippen LogP contribution in [0.4, 0.5) is 8.78 Å². The number of thiophene rings is 1. The van der Waals surface area contributed by atoms with Gasteiger partial charge in [-0.2, -0.15) is 0 Å². The van der Waals surface area contributed by atoms with Crippen molar-refractivity contribution in [3.63, 3.8) is 0 Å². The first-order chi connectivity index (χ1) is 13.2. The van der Waals surface area contributed by atoms with Crippen LogP contribution in [0.3, 0.4) is 0 Å². The minimum Gasteiger partial charge on any atom is -0.357 e. The number of halogens is 2. The monoisotopic (exact) mass is 409 g/mol. The van der Waals surface area contributed by atoms with Gasteiger partial charge in [0.05, 0.1) is 4.88 Å². The van der Waals surface area contributed by atoms with E-state index in [0.29, 0.717) is 4.88 Å². The topological polar surface area (TPSA) is 87.3 Å². The minimum absolute atomic E-state index is 0.0821. The molecule has 28 heavy (non-hydrogen) atoms. The Morgan fingerprint density at radius 1 is 1.00 bits per heavy atom. The van der Waals surface area contributed by atoms with Crippen molar-refractivity contribution < 1.29 is 23.2 Å². The zero-order chi connectivity index (χ0) is 20.8. The summed E-state index contributed by atoms with van der Waals surface area (Å²) >= 11 is 1.23. The lowest BCUT2D eigenvalue weighted by molar-refractivity contribution is -0.130. The van der Waals surface area contributed by atoms with E-state index in [1.807, 2.05) is 0 Å². The fraction of sp³-hybridized carbons (Fsp3) is 0.316. The quantitative estimate of drug-likeness (QED) is 0.656. The highest BCUT2D eigenvalue weighted by atomic mass is 32.1. The van der Waals surface area contributed by atoms with Gasteiger partial charge in [0.15, 0.2) is 11.6 Å². The molecule has 1 heterocycles. The number of hydrogen-bond donors (Lipinski definition) is 3. The van der Waals surface area contributed by atoms with Crippen molar-refractivity contribution in [1.82, 2.24) is 16.0 Å². The third-order valence-corrected chi connectivity index (χ3v) is 4.92. The van der Waals surface area contributed by atoms with E-state index in [1.165, 1.54) is 24.5 Å². The van der Waals surface area contributed by atoms with Gasteiger partial charge in [-0.15, -0.1) is 11.3 Å². The molecule has 1 aromatic heterocycles. The van der Waals surface area contributed by atoms with Crippen molar-refractivity contribution in [2.45, 2.75) is 25.9 Å². The van der Waals surface area contributed by atoms with E-state index in [2.05, 4.69) is 16.0 Å². The SMILES string of the molecule is CNC(=O)C(NC(=O)C(NC(=O)c1cccs1)C(C)C)c1ccc(F)c(F)c1. The molecule has 0 bridgehead atoms. The van der Waals surface area contributed by atoms with Gasteiger partial charge in [-0.1, -0.05) is 26.0 Å². The van der Waals surface area contributed by atoms with Gasteiger partial charge in [0.1, 0.15) is 12.1 Å². The van der Waals surface area contributed by atoms with E-state index in [4.69, 9.17) is 0 Å². The molecular weight excluding hydrogens is 388 g/mol. The average Bonchev–Trinajstić information content (AvgIpc) is 3.20. The molecule has 9 heteroatoms. The molecule has 2 unspecified atom stereocenters. The smallest absolute Gasteiger partial charge is 0.262 e. The molecule has 3 N–H and O–H groups in total. The van der Waals surface area contributed by atoms with Gasteiger partial charge in [0.25, 0.3) is 5.91 Å². The lowest BCUT2D eigenvalue weighted by Gasteiger charge is -2.25. The Kier molecular flexibility index (Phi) is 7.22. The summed E-state index contributed by atoms with van der Waals surface area (Å²) in [5.74, 6) is -4.10. The normalized spacial score (nSPS) is 12.9. The first kappa shape index (κ1) is 21.5. The second-order valence-corrected chi connectivity index (χ2v) is 7.35. The fourth-order valence-electron chi connectivity index (χ4n) is 2.52. The standard InChI is InChI=1S/C19H21F2N3O3S/c1-10(2)15(23-17(25)14-5-4-8-28-14)19(27)24-16(18(26)22-3)11-6-7-12(20)13(21)9-11/h4-10,15-16H,1-3H3,(H,22,26)(H,23,25)(H,24,27). The van der Waals surface area contributed by atoms with Gasteiger partial charge in [0, 0.05) is 7.05 Å². The van der Waals surface area contributed by atoms with Crippen LogP contribution < -0.4 is 16.0 Å². The lowest BCUT2D eigenvalue weighted by atomic mass is 10.0. The molecule has 0 saturated carbocycles. The molecule has 3 amide bonds. The number of benzene rings is 1. The van der Waals surface area contributed by atoms with Crippen molar-refractivity contribution in [2.75, 3.05) is 7.05 Å². The molecule has 150 valence electrons. The van der Waals surface area contributed by atoms with E-state index in [1.54, 1.807) is 31.4 Å². The molecule has 0 radical (unpaired) electrons.